The van der Waals surface area contributed by atoms with Crippen LogP contribution in [0.25, 0.3) is 22.2 Å². The number of hydrogen-bond donors (Lipinski definition) is 3. The van der Waals surface area contributed by atoms with Gasteiger partial charge in [0.15, 0.2) is 15.7 Å². The molecule has 0 atom stereocenters. The number of H-pyrrole nitrogens is 1. The van der Waals surface area contributed by atoms with Crippen molar-refractivity contribution in [3.05, 3.63) is 54.0 Å². The van der Waals surface area contributed by atoms with E-state index in [9.17, 15) is 12.8 Å². The summed E-state index contributed by atoms with van der Waals surface area (Å²) in [5, 5.41) is 13.6. The molecule has 4 aromatic rings. The van der Waals surface area contributed by atoms with E-state index < -0.39 is 15.7 Å². The predicted octanol–water partition coefficient (Wildman–Crippen LogP) is 3.66. The molecule has 0 aliphatic carbocycles. The molecule has 30 heavy (non-hydrogen) atoms. The largest absolute Gasteiger partial charge is 0.372 e. The molecule has 3 N–H and O–H groups in total. The van der Waals surface area contributed by atoms with E-state index in [1.54, 1.807) is 37.5 Å². The summed E-state index contributed by atoms with van der Waals surface area (Å²) >= 11 is 0. The lowest BCUT2D eigenvalue weighted by molar-refractivity contribution is 0.602. The highest BCUT2D eigenvalue weighted by atomic mass is 32.2. The minimum Gasteiger partial charge on any atom is -0.372 e. The number of fused-ring (bicyclic) bond motifs is 1. The molecule has 0 fully saturated rings. The molecule has 0 spiro atoms. The van der Waals surface area contributed by atoms with Crippen LogP contribution in [-0.2, 0) is 9.84 Å². The monoisotopic (exact) mass is 426 g/mol. The van der Waals surface area contributed by atoms with Crippen LogP contribution >= 0.6 is 0 Å². The van der Waals surface area contributed by atoms with E-state index in [1.807, 2.05) is 6.92 Å². The lowest BCUT2D eigenvalue weighted by Gasteiger charge is -2.11. The fourth-order valence-electron chi connectivity index (χ4n) is 3.19. The highest BCUT2D eigenvalue weighted by Gasteiger charge is 2.16. The fraction of sp³-hybridized carbons (Fsp3) is 0.150. The summed E-state index contributed by atoms with van der Waals surface area (Å²) in [6, 6.07) is 9.67. The zero-order valence-electron chi connectivity index (χ0n) is 16.5. The Bertz CT molecular complexity index is 1370. The number of sulfone groups is 1. The number of nitrogens with zero attached hydrogens (tertiary/aromatic N) is 3. The van der Waals surface area contributed by atoms with Gasteiger partial charge in [0.05, 0.1) is 16.2 Å². The minimum absolute atomic E-state index is 0.210. The number of halogens is 1. The first-order valence-electron chi connectivity index (χ1n) is 9.03. The molecular formula is C20H19FN6O2S. The molecule has 0 saturated heterocycles. The Morgan fingerprint density at radius 3 is 2.70 bits per heavy atom. The summed E-state index contributed by atoms with van der Waals surface area (Å²) in [5.74, 6) is 0.364. The van der Waals surface area contributed by atoms with Crippen LogP contribution in [-0.4, -0.2) is 41.9 Å². The maximum atomic E-state index is 14.0. The molecule has 2 aromatic carbocycles. The van der Waals surface area contributed by atoms with Crippen molar-refractivity contribution in [2.75, 3.05) is 23.9 Å². The molecule has 0 bridgehead atoms. The standard InChI is InChI=1S/C20H19FN6O2S/c1-11-7-12(9-13(8-11)30(3,28)29)24-20-23-10-15(19(22-2)25-20)17-14-5-4-6-16(21)18(14)27-26-17/h4-10H,1-3H3,(H,26,27)(H2,22,23,24,25). The highest BCUT2D eigenvalue weighted by Crippen LogP contribution is 2.32. The van der Waals surface area contributed by atoms with Crippen LogP contribution in [0, 0.1) is 12.7 Å². The molecular weight excluding hydrogens is 407 g/mol. The topological polar surface area (TPSA) is 113 Å². The highest BCUT2D eigenvalue weighted by molar-refractivity contribution is 7.90. The van der Waals surface area contributed by atoms with Crippen molar-refractivity contribution in [1.82, 2.24) is 20.2 Å². The Hall–Kier alpha value is -3.53. The average molecular weight is 426 g/mol. The van der Waals surface area contributed by atoms with Gasteiger partial charge in [0.1, 0.15) is 11.3 Å². The zero-order valence-corrected chi connectivity index (χ0v) is 17.3. The summed E-state index contributed by atoms with van der Waals surface area (Å²) in [6.45, 7) is 1.81. The molecule has 0 aliphatic heterocycles. The third-order valence-corrected chi connectivity index (χ3v) is 5.66. The van der Waals surface area contributed by atoms with Gasteiger partial charge in [0.25, 0.3) is 0 Å². The maximum Gasteiger partial charge on any atom is 0.229 e. The zero-order chi connectivity index (χ0) is 21.5. The van der Waals surface area contributed by atoms with E-state index >= 15 is 0 Å². The van der Waals surface area contributed by atoms with Gasteiger partial charge in [-0.25, -0.2) is 17.8 Å². The van der Waals surface area contributed by atoms with Crippen molar-refractivity contribution in [3.8, 4) is 11.3 Å². The van der Waals surface area contributed by atoms with Crippen molar-refractivity contribution in [2.24, 2.45) is 0 Å². The number of aromatic nitrogens is 4. The molecule has 0 unspecified atom stereocenters. The number of rotatable bonds is 5. The number of aromatic amines is 1. The SMILES string of the molecule is CNc1nc(Nc2cc(C)cc(S(C)(=O)=O)c2)ncc1-c1[nH]nc2c(F)cccc12. The second-order valence-electron chi connectivity index (χ2n) is 6.87. The molecule has 154 valence electrons. The van der Waals surface area contributed by atoms with Crippen LogP contribution in [0.4, 0.5) is 21.8 Å². The van der Waals surface area contributed by atoms with Gasteiger partial charge in [-0.1, -0.05) is 12.1 Å². The third-order valence-electron chi connectivity index (χ3n) is 4.57. The van der Waals surface area contributed by atoms with Crippen LogP contribution in [0.5, 0.6) is 0 Å². The van der Waals surface area contributed by atoms with Crippen LogP contribution < -0.4 is 10.6 Å². The van der Waals surface area contributed by atoms with Gasteiger partial charge in [-0.15, -0.1) is 0 Å². The summed E-state index contributed by atoms with van der Waals surface area (Å²) in [4.78, 5) is 9.01. The van der Waals surface area contributed by atoms with E-state index in [-0.39, 0.29) is 16.4 Å². The molecule has 0 saturated carbocycles. The molecule has 4 rings (SSSR count). The fourth-order valence-corrected chi connectivity index (χ4v) is 3.93. The molecule has 8 nitrogen and oxygen atoms in total. The number of anilines is 3. The first-order valence-corrected chi connectivity index (χ1v) is 10.9. The molecule has 0 radical (unpaired) electrons. The Morgan fingerprint density at radius 1 is 1.17 bits per heavy atom. The van der Waals surface area contributed by atoms with Crippen LogP contribution in [0.3, 0.4) is 0 Å². The third kappa shape index (κ3) is 3.69. The van der Waals surface area contributed by atoms with Crippen molar-refractivity contribution >= 4 is 38.2 Å². The Balaban J connectivity index is 1.73. The second-order valence-corrected chi connectivity index (χ2v) is 8.89. The van der Waals surface area contributed by atoms with Gasteiger partial charge < -0.3 is 10.6 Å². The summed E-state index contributed by atoms with van der Waals surface area (Å²) in [6.07, 6.45) is 2.75. The summed E-state index contributed by atoms with van der Waals surface area (Å²) in [7, 11) is -1.64. The van der Waals surface area contributed by atoms with E-state index in [2.05, 4.69) is 30.8 Å². The summed E-state index contributed by atoms with van der Waals surface area (Å²) in [5.41, 5.74) is 2.80. The first kappa shape index (κ1) is 19.8. The van der Waals surface area contributed by atoms with Crippen molar-refractivity contribution in [3.63, 3.8) is 0 Å². The smallest absolute Gasteiger partial charge is 0.229 e. The molecule has 10 heteroatoms. The number of aryl methyl sites for hydroxylation is 1. The lowest BCUT2D eigenvalue weighted by Crippen LogP contribution is -2.04. The van der Waals surface area contributed by atoms with Crippen LogP contribution in [0.1, 0.15) is 5.56 Å². The van der Waals surface area contributed by atoms with Crippen LogP contribution in [0.2, 0.25) is 0 Å². The van der Waals surface area contributed by atoms with Gasteiger partial charge in [-0.05, 0) is 36.8 Å². The number of hydrogen-bond acceptors (Lipinski definition) is 7. The van der Waals surface area contributed by atoms with Crippen molar-refractivity contribution < 1.29 is 12.8 Å². The second kappa shape index (κ2) is 7.38. The first-order chi connectivity index (χ1) is 14.3. The van der Waals surface area contributed by atoms with Crippen molar-refractivity contribution in [2.45, 2.75) is 11.8 Å². The van der Waals surface area contributed by atoms with Gasteiger partial charge >= 0.3 is 0 Å². The van der Waals surface area contributed by atoms with E-state index in [0.717, 1.165) is 11.8 Å². The minimum atomic E-state index is -3.35. The van der Waals surface area contributed by atoms with E-state index in [0.29, 0.717) is 28.1 Å². The van der Waals surface area contributed by atoms with Crippen LogP contribution in [0.15, 0.2) is 47.5 Å². The Morgan fingerprint density at radius 2 is 1.97 bits per heavy atom. The quantitative estimate of drug-likeness (QED) is 0.446. The molecule has 2 heterocycles. The van der Waals surface area contributed by atoms with E-state index in [4.69, 9.17) is 0 Å². The van der Waals surface area contributed by atoms with Gasteiger partial charge in [0.2, 0.25) is 5.95 Å². The van der Waals surface area contributed by atoms with Gasteiger partial charge in [0, 0.05) is 30.6 Å². The normalized spacial score (nSPS) is 11.6. The summed E-state index contributed by atoms with van der Waals surface area (Å²) < 4.78 is 37.8. The average Bonchev–Trinajstić information content (AvgIpc) is 3.12. The number of para-hydroxylation sites is 1. The molecule has 2 aromatic heterocycles. The lowest BCUT2D eigenvalue weighted by atomic mass is 10.1. The number of benzene rings is 2. The Kier molecular flexibility index (Phi) is 4.86. The van der Waals surface area contributed by atoms with Gasteiger partial charge in [-0.2, -0.15) is 10.1 Å². The molecule has 0 aliphatic rings. The Labute approximate surface area is 172 Å². The number of nitrogens with one attached hydrogen (secondary N) is 3. The molecule has 0 amide bonds. The van der Waals surface area contributed by atoms with Gasteiger partial charge in [-0.3, -0.25) is 5.10 Å². The maximum absolute atomic E-state index is 14.0. The predicted molar refractivity (Wildman–Crippen MR) is 114 cm³/mol. The van der Waals surface area contributed by atoms with Crippen molar-refractivity contribution in [1.29, 1.82) is 0 Å². The van der Waals surface area contributed by atoms with E-state index in [1.165, 1.54) is 12.1 Å².